The van der Waals surface area contributed by atoms with E-state index in [0.717, 1.165) is 44.2 Å². The Morgan fingerprint density at radius 2 is 1.73 bits per heavy atom. The van der Waals surface area contributed by atoms with Crippen LogP contribution in [0.2, 0.25) is 5.02 Å². The van der Waals surface area contributed by atoms with Crippen molar-refractivity contribution in [3.05, 3.63) is 53.1 Å². The standard InChI is InChI=1S/C22H24ClF3N2O4S/c1-14(21(29)27-16-5-3-2-4-6-16)32-17-8-10-18(11-9-17)33(30,31)28-20-12-7-15(23)13-19(20)22(24,25)26/h7-14,16,28H,2-6H2,1H3,(H,27,29)/t14-/m1/s1. The third-order valence-corrected chi connectivity index (χ3v) is 6.92. The molecule has 0 spiro atoms. The maximum Gasteiger partial charge on any atom is 0.418 e. The third kappa shape index (κ3) is 6.77. The van der Waals surface area contributed by atoms with Crippen LogP contribution in [0.5, 0.6) is 5.75 Å². The Balaban J connectivity index is 1.67. The van der Waals surface area contributed by atoms with Crippen LogP contribution in [0.4, 0.5) is 18.9 Å². The van der Waals surface area contributed by atoms with Crippen molar-refractivity contribution in [1.82, 2.24) is 5.32 Å². The summed E-state index contributed by atoms with van der Waals surface area (Å²) in [5.74, 6) is -0.00889. The summed E-state index contributed by atoms with van der Waals surface area (Å²) in [7, 11) is -4.32. The first-order chi connectivity index (χ1) is 15.5. The number of benzene rings is 2. The number of anilines is 1. The number of carbonyl (C=O) groups is 1. The quantitative estimate of drug-likeness (QED) is 0.530. The molecule has 180 valence electrons. The minimum atomic E-state index is -4.80. The van der Waals surface area contributed by atoms with E-state index in [1.165, 1.54) is 24.3 Å². The first kappa shape index (κ1) is 25.2. The molecule has 33 heavy (non-hydrogen) atoms. The molecular weight excluding hydrogens is 481 g/mol. The molecule has 0 unspecified atom stereocenters. The molecule has 1 fully saturated rings. The number of nitrogens with one attached hydrogen (secondary N) is 2. The fourth-order valence-electron chi connectivity index (χ4n) is 3.56. The first-order valence-corrected chi connectivity index (χ1v) is 12.3. The molecular formula is C22H24ClF3N2O4S. The van der Waals surface area contributed by atoms with Gasteiger partial charge in [0.15, 0.2) is 6.10 Å². The summed E-state index contributed by atoms with van der Waals surface area (Å²) < 4.78 is 72.5. The zero-order valence-corrected chi connectivity index (χ0v) is 19.4. The maximum atomic E-state index is 13.3. The number of halogens is 4. The minimum Gasteiger partial charge on any atom is -0.481 e. The molecule has 2 aromatic carbocycles. The van der Waals surface area contributed by atoms with Crippen LogP contribution in [0.25, 0.3) is 0 Å². The Kier molecular flexibility index (Phi) is 7.79. The van der Waals surface area contributed by atoms with Crippen molar-refractivity contribution < 1.29 is 31.1 Å². The zero-order valence-electron chi connectivity index (χ0n) is 17.8. The first-order valence-electron chi connectivity index (χ1n) is 10.4. The highest BCUT2D eigenvalue weighted by Crippen LogP contribution is 2.37. The second-order valence-corrected chi connectivity index (χ2v) is 9.99. The molecule has 1 aliphatic carbocycles. The van der Waals surface area contributed by atoms with Crippen LogP contribution in [0, 0.1) is 0 Å². The lowest BCUT2D eigenvalue weighted by Crippen LogP contribution is -2.43. The fourth-order valence-corrected chi connectivity index (χ4v) is 4.82. The molecule has 0 saturated heterocycles. The molecule has 1 aliphatic rings. The molecule has 2 aromatic rings. The van der Waals surface area contributed by atoms with Gasteiger partial charge in [0.05, 0.1) is 16.1 Å². The highest BCUT2D eigenvalue weighted by molar-refractivity contribution is 7.92. The van der Waals surface area contributed by atoms with E-state index in [1.807, 2.05) is 4.72 Å². The summed E-state index contributed by atoms with van der Waals surface area (Å²) in [5, 5.41) is 2.78. The number of hydrogen-bond acceptors (Lipinski definition) is 4. The zero-order chi connectivity index (χ0) is 24.2. The van der Waals surface area contributed by atoms with Gasteiger partial charge in [-0.05, 0) is 62.2 Å². The van der Waals surface area contributed by atoms with Gasteiger partial charge in [-0.2, -0.15) is 13.2 Å². The van der Waals surface area contributed by atoms with Crippen LogP contribution >= 0.6 is 11.6 Å². The summed E-state index contributed by atoms with van der Waals surface area (Å²) in [4.78, 5) is 12.1. The van der Waals surface area contributed by atoms with Crippen LogP contribution in [-0.4, -0.2) is 26.5 Å². The number of carbonyl (C=O) groups excluding carboxylic acids is 1. The Labute approximate surface area is 195 Å². The van der Waals surface area contributed by atoms with Crippen molar-refractivity contribution in [1.29, 1.82) is 0 Å². The van der Waals surface area contributed by atoms with Crippen molar-refractivity contribution in [3.63, 3.8) is 0 Å². The number of ether oxygens (including phenoxy) is 1. The number of hydrogen-bond donors (Lipinski definition) is 2. The fraction of sp³-hybridized carbons (Fsp3) is 0.409. The topological polar surface area (TPSA) is 84.5 Å². The van der Waals surface area contributed by atoms with Gasteiger partial charge in [0.1, 0.15) is 5.75 Å². The molecule has 11 heteroatoms. The Bertz CT molecular complexity index is 1090. The Morgan fingerprint density at radius 3 is 2.33 bits per heavy atom. The molecule has 3 rings (SSSR count). The van der Waals surface area contributed by atoms with Gasteiger partial charge in [0.25, 0.3) is 15.9 Å². The van der Waals surface area contributed by atoms with Crippen LogP contribution in [-0.2, 0) is 21.0 Å². The number of sulfonamides is 1. The van der Waals surface area contributed by atoms with Crippen molar-refractivity contribution in [3.8, 4) is 5.75 Å². The molecule has 0 aliphatic heterocycles. The van der Waals surface area contributed by atoms with Gasteiger partial charge >= 0.3 is 6.18 Å². The molecule has 1 atom stereocenters. The lowest BCUT2D eigenvalue weighted by atomic mass is 9.95. The minimum absolute atomic E-state index is 0.130. The molecule has 0 aromatic heterocycles. The molecule has 0 radical (unpaired) electrons. The van der Waals surface area contributed by atoms with Gasteiger partial charge in [0, 0.05) is 11.1 Å². The van der Waals surface area contributed by atoms with E-state index in [4.69, 9.17) is 16.3 Å². The summed E-state index contributed by atoms with van der Waals surface area (Å²) in [6.45, 7) is 1.59. The van der Waals surface area contributed by atoms with Gasteiger partial charge in [-0.25, -0.2) is 8.42 Å². The van der Waals surface area contributed by atoms with E-state index < -0.39 is 33.6 Å². The monoisotopic (exact) mass is 504 g/mol. The van der Waals surface area contributed by atoms with Crippen molar-refractivity contribution in [2.45, 2.75) is 62.2 Å². The summed E-state index contributed by atoms with van der Waals surface area (Å²) in [6, 6.07) is 7.94. The smallest absolute Gasteiger partial charge is 0.418 e. The van der Waals surface area contributed by atoms with Gasteiger partial charge in [0.2, 0.25) is 0 Å². The van der Waals surface area contributed by atoms with E-state index in [9.17, 15) is 26.4 Å². The van der Waals surface area contributed by atoms with E-state index in [0.29, 0.717) is 6.07 Å². The molecule has 6 nitrogen and oxygen atoms in total. The molecule has 1 amide bonds. The normalized spacial score (nSPS) is 16.2. The van der Waals surface area contributed by atoms with E-state index >= 15 is 0 Å². The summed E-state index contributed by atoms with van der Waals surface area (Å²) in [6.07, 6.45) is -0.415. The number of alkyl halides is 3. The molecule has 0 heterocycles. The lowest BCUT2D eigenvalue weighted by Gasteiger charge is -2.24. The molecule has 2 N–H and O–H groups in total. The van der Waals surface area contributed by atoms with Gasteiger partial charge < -0.3 is 10.1 Å². The summed E-state index contributed by atoms with van der Waals surface area (Å²) >= 11 is 5.63. The van der Waals surface area contributed by atoms with Crippen molar-refractivity contribution >= 4 is 33.2 Å². The van der Waals surface area contributed by atoms with Crippen molar-refractivity contribution in [2.75, 3.05) is 4.72 Å². The summed E-state index contributed by atoms with van der Waals surface area (Å²) in [5.41, 5.74) is -1.84. The van der Waals surface area contributed by atoms with Crippen LogP contribution in [0.3, 0.4) is 0 Å². The largest absolute Gasteiger partial charge is 0.481 e. The van der Waals surface area contributed by atoms with Crippen LogP contribution < -0.4 is 14.8 Å². The third-order valence-electron chi connectivity index (χ3n) is 5.30. The highest BCUT2D eigenvalue weighted by Gasteiger charge is 2.35. The predicted molar refractivity (Wildman–Crippen MR) is 119 cm³/mol. The maximum absolute atomic E-state index is 13.3. The highest BCUT2D eigenvalue weighted by atomic mass is 35.5. The van der Waals surface area contributed by atoms with Crippen molar-refractivity contribution in [2.24, 2.45) is 0 Å². The SMILES string of the molecule is C[C@@H](Oc1ccc(S(=O)(=O)Nc2ccc(Cl)cc2C(F)(F)F)cc1)C(=O)NC1CCCCC1. The van der Waals surface area contributed by atoms with E-state index in [1.54, 1.807) is 6.92 Å². The average molecular weight is 505 g/mol. The van der Waals surface area contributed by atoms with Gasteiger partial charge in [-0.1, -0.05) is 30.9 Å². The Hall–Kier alpha value is -2.46. The van der Waals surface area contributed by atoms with E-state index in [2.05, 4.69) is 5.32 Å². The molecule has 1 saturated carbocycles. The lowest BCUT2D eigenvalue weighted by molar-refractivity contribution is -0.137. The average Bonchev–Trinajstić information content (AvgIpc) is 2.75. The van der Waals surface area contributed by atoms with Crippen LogP contribution in [0.15, 0.2) is 47.4 Å². The second-order valence-electron chi connectivity index (χ2n) is 7.87. The van der Waals surface area contributed by atoms with Crippen LogP contribution in [0.1, 0.15) is 44.6 Å². The Morgan fingerprint density at radius 1 is 1.09 bits per heavy atom. The molecule has 0 bridgehead atoms. The number of amides is 1. The number of rotatable bonds is 7. The van der Waals surface area contributed by atoms with Gasteiger partial charge in [-0.15, -0.1) is 0 Å². The van der Waals surface area contributed by atoms with Gasteiger partial charge in [-0.3, -0.25) is 9.52 Å². The van der Waals surface area contributed by atoms with E-state index in [-0.39, 0.29) is 27.6 Å². The predicted octanol–water partition coefficient (Wildman–Crippen LogP) is 5.38. The second kappa shape index (κ2) is 10.2.